The molecule has 0 saturated heterocycles. The van der Waals surface area contributed by atoms with Crippen molar-refractivity contribution in [1.82, 2.24) is 0 Å². The largest absolute Gasteiger partial charge is 0.355 e. The van der Waals surface area contributed by atoms with Crippen LogP contribution in [0.3, 0.4) is 0 Å². The number of hydrogen-bond donors (Lipinski definition) is 1. The smallest absolute Gasteiger partial charge is 0.0390 e. The van der Waals surface area contributed by atoms with Gasteiger partial charge in [-0.3, -0.25) is 0 Å². The van der Waals surface area contributed by atoms with Crippen LogP contribution in [-0.4, -0.2) is 0 Å². The summed E-state index contributed by atoms with van der Waals surface area (Å²) < 4.78 is 0. The summed E-state index contributed by atoms with van der Waals surface area (Å²) in [5.41, 5.74) is 11.0. The van der Waals surface area contributed by atoms with E-state index in [0.29, 0.717) is 0 Å². The van der Waals surface area contributed by atoms with Crippen molar-refractivity contribution in [2.75, 3.05) is 5.32 Å². The molecule has 5 aromatic carbocycles. The molecule has 160 valence electrons. The van der Waals surface area contributed by atoms with Gasteiger partial charge in [-0.05, 0) is 71.0 Å². The molecule has 1 heteroatoms. The highest BCUT2D eigenvalue weighted by molar-refractivity contribution is 5.74. The van der Waals surface area contributed by atoms with Gasteiger partial charge in [0.1, 0.15) is 0 Å². The van der Waals surface area contributed by atoms with Crippen LogP contribution in [0.2, 0.25) is 0 Å². The summed E-state index contributed by atoms with van der Waals surface area (Å²) in [6.07, 6.45) is 0.960. The average Bonchev–Trinajstić information content (AvgIpc) is 2.85. The minimum atomic E-state index is 0.960. The Morgan fingerprint density at radius 2 is 1.03 bits per heavy atom. The third-order valence-electron chi connectivity index (χ3n) is 5.90. The summed E-state index contributed by atoms with van der Waals surface area (Å²) in [6.45, 7) is 2.14. The molecule has 0 heterocycles. The molecule has 0 bridgehead atoms. The molecule has 0 atom stereocenters. The molecule has 0 spiro atoms. The minimum Gasteiger partial charge on any atom is -0.355 e. The van der Waals surface area contributed by atoms with E-state index in [0.717, 1.165) is 17.8 Å². The van der Waals surface area contributed by atoms with E-state index in [1.54, 1.807) is 0 Å². The molecule has 1 N–H and O–H groups in total. The fraction of sp³-hybridized carbons (Fsp3) is 0.0625. The first-order chi connectivity index (χ1) is 16.2. The lowest BCUT2D eigenvalue weighted by Gasteiger charge is -2.11. The Balaban J connectivity index is 1.32. The molecule has 0 aliphatic heterocycles. The van der Waals surface area contributed by atoms with Crippen LogP contribution in [0, 0.1) is 6.92 Å². The molecule has 0 aliphatic carbocycles. The van der Waals surface area contributed by atoms with Crippen molar-refractivity contribution in [3.8, 4) is 22.3 Å². The van der Waals surface area contributed by atoms with Crippen LogP contribution in [0.15, 0.2) is 127 Å². The Labute approximate surface area is 196 Å². The first kappa shape index (κ1) is 20.8. The number of hydrogen-bond acceptors (Lipinski definition) is 1. The number of nitrogens with one attached hydrogen (secondary N) is 1. The molecular weight excluding hydrogens is 398 g/mol. The summed E-state index contributed by atoms with van der Waals surface area (Å²) in [7, 11) is 0. The molecule has 0 aromatic heterocycles. The van der Waals surface area contributed by atoms with E-state index >= 15 is 0 Å². The quantitative estimate of drug-likeness (QED) is 0.287. The Kier molecular flexibility index (Phi) is 6.04. The number of benzene rings is 5. The number of aryl methyl sites for hydroxylation is 1. The van der Waals surface area contributed by atoms with Crippen molar-refractivity contribution in [2.24, 2.45) is 0 Å². The standard InChI is InChI=1S/C32H27N/c1-24-8-5-9-26(20-24)21-25-16-18-28(19-17-25)30-13-7-15-32(23-30)33-31-14-6-12-29(22-31)27-10-3-2-4-11-27/h2-20,22-23,33H,21H2,1H3. The van der Waals surface area contributed by atoms with Crippen molar-refractivity contribution in [2.45, 2.75) is 13.3 Å². The predicted octanol–water partition coefficient (Wildman–Crippen LogP) is 8.66. The lowest BCUT2D eigenvalue weighted by molar-refractivity contribution is 1.18. The summed E-state index contributed by atoms with van der Waals surface area (Å²) in [4.78, 5) is 0. The van der Waals surface area contributed by atoms with Crippen molar-refractivity contribution in [3.05, 3.63) is 144 Å². The first-order valence-electron chi connectivity index (χ1n) is 11.4. The minimum absolute atomic E-state index is 0.960. The van der Waals surface area contributed by atoms with Gasteiger partial charge in [0.25, 0.3) is 0 Å². The van der Waals surface area contributed by atoms with Crippen LogP contribution in [-0.2, 0) is 6.42 Å². The molecule has 0 amide bonds. The maximum absolute atomic E-state index is 3.57. The fourth-order valence-electron chi connectivity index (χ4n) is 4.22. The molecule has 0 fully saturated rings. The fourth-order valence-corrected chi connectivity index (χ4v) is 4.22. The predicted molar refractivity (Wildman–Crippen MR) is 141 cm³/mol. The third kappa shape index (κ3) is 5.22. The van der Waals surface area contributed by atoms with Gasteiger partial charge in [0, 0.05) is 11.4 Å². The Bertz CT molecular complexity index is 1350. The van der Waals surface area contributed by atoms with Crippen molar-refractivity contribution >= 4 is 11.4 Å². The van der Waals surface area contributed by atoms with E-state index in [1.165, 1.54) is 38.9 Å². The molecule has 1 nitrogen and oxygen atoms in total. The van der Waals surface area contributed by atoms with Gasteiger partial charge in [-0.25, -0.2) is 0 Å². The molecule has 0 unspecified atom stereocenters. The summed E-state index contributed by atoms with van der Waals surface area (Å²) in [5.74, 6) is 0. The first-order valence-corrected chi connectivity index (χ1v) is 11.4. The number of rotatable bonds is 6. The second-order valence-electron chi connectivity index (χ2n) is 8.52. The second kappa shape index (κ2) is 9.58. The van der Waals surface area contributed by atoms with Crippen LogP contribution in [0.25, 0.3) is 22.3 Å². The SMILES string of the molecule is Cc1cccc(Cc2ccc(-c3cccc(Nc4cccc(-c5ccccc5)c4)c3)cc2)c1. The van der Waals surface area contributed by atoms with Gasteiger partial charge in [-0.2, -0.15) is 0 Å². The average molecular weight is 426 g/mol. The van der Waals surface area contributed by atoms with Crippen molar-refractivity contribution < 1.29 is 0 Å². The van der Waals surface area contributed by atoms with Crippen LogP contribution >= 0.6 is 0 Å². The molecule has 0 aliphatic rings. The Morgan fingerprint density at radius 3 is 1.67 bits per heavy atom. The van der Waals surface area contributed by atoms with Gasteiger partial charge in [-0.15, -0.1) is 0 Å². The van der Waals surface area contributed by atoms with E-state index in [4.69, 9.17) is 0 Å². The van der Waals surface area contributed by atoms with Gasteiger partial charge in [-0.1, -0.05) is 109 Å². The zero-order valence-electron chi connectivity index (χ0n) is 18.8. The highest BCUT2D eigenvalue weighted by Crippen LogP contribution is 2.28. The molecular formula is C32H27N. The Hall–Kier alpha value is -4.10. The van der Waals surface area contributed by atoms with Gasteiger partial charge in [0.15, 0.2) is 0 Å². The molecule has 0 saturated carbocycles. The normalized spacial score (nSPS) is 10.7. The summed E-state index contributed by atoms with van der Waals surface area (Å²) >= 11 is 0. The maximum atomic E-state index is 3.57. The summed E-state index contributed by atoms with van der Waals surface area (Å²) in [5, 5.41) is 3.57. The van der Waals surface area contributed by atoms with E-state index in [9.17, 15) is 0 Å². The van der Waals surface area contributed by atoms with Gasteiger partial charge in [0.05, 0.1) is 0 Å². The van der Waals surface area contributed by atoms with Gasteiger partial charge < -0.3 is 5.32 Å². The lowest BCUT2D eigenvalue weighted by atomic mass is 9.99. The van der Waals surface area contributed by atoms with E-state index in [1.807, 2.05) is 6.07 Å². The van der Waals surface area contributed by atoms with Crippen LogP contribution < -0.4 is 5.32 Å². The Morgan fingerprint density at radius 1 is 0.455 bits per heavy atom. The third-order valence-corrected chi connectivity index (χ3v) is 5.90. The highest BCUT2D eigenvalue weighted by atomic mass is 14.9. The maximum Gasteiger partial charge on any atom is 0.0390 e. The van der Waals surface area contributed by atoms with Crippen LogP contribution in [0.5, 0.6) is 0 Å². The zero-order chi connectivity index (χ0) is 22.5. The summed E-state index contributed by atoms with van der Waals surface area (Å²) in [6, 6.07) is 45.3. The zero-order valence-corrected chi connectivity index (χ0v) is 18.8. The molecule has 0 radical (unpaired) electrons. The molecule has 5 rings (SSSR count). The van der Waals surface area contributed by atoms with E-state index in [-0.39, 0.29) is 0 Å². The van der Waals surface area contributed by atoms with Crippen LogP contribution in [0.4, 0.5) is 11.4 Å². The lowest BCUT2D eigenvalue weighted by Crippen LogP contribution is -1.92. The molecule has 5 aromatic rings. The topological polar surface area (TPSA) is 12.0 Å². The molecule has 33 heavy (non-hydrogen) atoms. The van der Waals surface area contributed by atoms with Crippen LogP contribution in [0.1, 0.15) is 16.7 Å². The van der Waals surface area contributed by atoms with Gasteiger partial charge >= 0.3 is 0 Å². The van der Waals surface area contributed by atoms with Crippen molar-refractivity contribution in [1.29, 1.82) is 0 Å². The monoisotopic (exact) mass is 425 g/mol. The second-order valence-corrected chi connectivity index (χ2v) is 8.52. The number of anilines is 2. The highest BCUT2D eigenvalue weighted by Gasteiger charge is 2.03. The van der Waals surface area contributed by atoms with Gasteiger partial charge in [0.2, 0.25) is 0 Å². The van der Waals surface area contributed by atoms with Crippen molar-refractivity contribution in [3.63, 3.8) is 0 Å². The van der Waals surface area contributed by atoms with E-state index < -0.39 is 0 Å². The van der Waals surface area contributed by atoms with E-state index in [2.05, 4.69) is 134 Å².